The highest BCUT2D eigenvalue weighted by atomic mass is 32.2. The highest BCUT2D eigenvalue weighted by Crippen LogP contribution is 2.27. The van der Waals surface area contributed by atoms with Gasteiger partial charge in [0.15, 0.2) is 5.16 Å². The lowest BCUT2D eigenvalue weighted by molar-refractivity contribution is -0.113. The summed E-state index contributed by atoms with van der Waals surface area (Å²) >= 11 is 2.75. The third kappa shape index (κ3) is 5.38. The summed E-state index contributed by atoms with van der Waals surface area (Å²) in [5.74, 6) is 1.30. The average Bonchev–Trinajstić information content (AvgIpc) is 3.06. The smallest absolute Gasteiger partial charge is 0.234 e. The highest BCUT2D eigenvalue weighted by molar-refractivity contribution is 8.00. The van der Waals surface area contributed by atoms with E-state index in [1.54, 1.807) is 0 Å². The molecule has 3 rings (SSSR count). The molecule has 0 spiro atoms. The van der Waals surface area contributed by atoms with Crippen molar-refractivity contribution in [2.24, 2.45) is 7.05 Å². The number of hydrogen-bond acceptors (Lipinski definition) is 6. The SMILES string of the molecule is Cn1c(Cc2ccccc2)nnc1SCC(=O)Nc1ccccc1SCC#N. The number of amides is 1. The van der Waals surface area contributed by atoms with Crippen molar-refractivity contribution >= 4 is 35.1 Å². The van der Waals surface area contributed by atoms with Gasteiger partial charge in [0.2, 0.25) is 5.91 Å². The van der Waals surface area contributed by atoms with Gasteiger partial charge in [0, 0.05) is 18.4 Å². The van der Waals surface area contributed by atoms with Gasteiger partial charge in [-0.25, -0.2) is 0 Å². The summed E-state index contributed by atoms with van der Waals surface area (Å²) < 4.78 is 1.92. The first-order valence-electron chi connectivity index (χ1n) is 8.61. The van der Waals surface area contributed by atoms with Crippen LogP contribution in [0.5, 0.6) is 0 Å². The van der Waals surface area contributed by atoms with E-state index in [9.17, 15) is 4.79 Å². The number of nitrogens with zero attached hydrogens (tertiary/aromatic N) is 4. The fraction of sp³-hybridized carbons (Fsp3) is 0.200. The lowest BCUT2D eigenvalue weighted by atomic mass is 10.1. The first kappa shape index (κ1) is 20.0. The molecule has 1 aromatic heterocycles. The Labute approximate surface area is 172 Å². The Balaban J connectivity index is 1.58. The second-order valence-corrected chi connectivity index (χ2v) is 7.86. The molecule has 1 N–H and O–H groups in total. The number of hydrogen-bond donors (Lipinski definition) is 1. The third-order valence-electron chi connectivity index (χ3n) is 3.92. The molecule has 1 heterocycles. The minimum Gasteiger partial charge on any atom is -0.324 e. The number of carbonyl (C=O) groups is 1. The van der Waals surface area contributed by atoms with Crippen LogP contribution in [0.25, 0.3) is 0 Å². The standard InChI is InChI=1S/C20H19N5OS2/c1-25-18(13-15-7-3-2-4-8-15)23-24-20(25)28-14-19(26)22-16-9-5-6-10-17(16)27-12-11-21/h2-10H,12-14H2,1H3,(H,22,26). The maximum atomic E-state index is 12.4. The van der Waals surface area contributed by atoms with Crippen molar-refractivity contribution in [2.45, 2.75) is 16.5 Å². The molecule has 0 unspecified atom stereocenters. The zero-order chi connectivity index (χ0) is 19.8. The van der Waals surface area contributed by atoms with Gasteiger partial charge in [-0.2, -0.15) is 5.26 Å². The molecule has 142 valence electrons. The van der Waals surface area contributed by atoms with Gasteiger partial charge in [0.25, 0.3) is 0 Å². The number of carbonyl (C=O) groups excluding carboxylic acids is 1. The quantitative estimate of drug-likeness (QED) is 0.571. The van der Waals surface area contributed by atoms with E-state index in [-0.39, 0.29) is 11.7 Å². The lowest BCUT2D eigenvalue weighted by Crippen LogP contribution is -2.15. The number of nitrogens with one attached hydrogen (secondary N) is 1. The van der Waals surface area contributed by atoms with Gasteiger partial charge in [-0.1, -0.05) is 54.2 Å². The first-order chi connectivity index (χ1) is 13.7. The number of thioether (sulfide) groups is 2. The molecule has 6 nitrogen and oxygen atoms in total. The Morgan fingerprint density at radius 3 is 2.64 bits per heavy atom. The fourth-order valence-electron chi connectivity index (χ4n) is 2.53. The normalized spacial score (nSPS) is 10.4. The van der Waals surface area contributed by atoms with Crippen LogP contribution in [0.15, 0.2) is 64.6 Å². The van der Waals surface area contributed by atoms with Crippen molar-refractivity contribution in [3.05, 3.63) is 66.0 Å². The van der Waals surface area contributed by atoms with Gasteiger partial charge in [-0.3, -0.25) is 4.79 Å². The Kier molecular flexibility index (Phi) is 7.12. The van der Waals surface area contributed by atoms with Crippen LogP contribution < -0.4 is 5.32 Å². The monoisotopic (exact) mass is 409 g/mol. The number of para-hydroxylation sites is 1. The Bertz CT molecular complexity index is 982. The topological polar surface area (TPSA) is 83.6 Å². The molecule has 0 aliphatic heterocycles. The summed E-state index contributed by atoms with van der Waals surface area (Å²) in [7, 11) is 1.91. The van der Waals surface area contributed by atoms with Crippen molar-refractivity contribution in [2.75, 3.05) is 16.8 Å². The Hall–Kier alpha value is -2.76. The van der Waals surface area contributed by atoms with Crippen molar-refractivity contribution in [1.29, 1.82) is 5.26 Å². The highest BCUT2D eigenvalue weighted by Gasteiger charge is 2.13. The first-order valence-corrected chi connectivity index (χ1v) is 10.6. The van der Waals surface area contributed by atoms with Gasteiger partial charge in [-0.05, 0) is 17.7 Å². The number of benzene rings is 2. The van der Waals surface area contributed by atoms with E-state index in [2.05, 4.69) is 33.7 Å². The molecule has 0 atom stereocenters. The molecule has 0 saturated heterocycles. The molecule has 0 fully saturated rings. The van der Waals surface area contributed by atoms with Crippen LogP contribution in [0, 0.1) is 11.3 Å². The van der Waals surface area contributed by atoms with E-state index < -0.39 is 0 Å². The van der Waals surface area contributed by atoms with Crippen molar-refractivity contribution in [1.82, 2.24) is 14.8 Å². The van der Waals surface area contributed by atoms with Gasteiger partial charge in [-0.15, -0.1) is 22.0 Å². The summed E-state index contributed by atoms with van der Waals surface area (Å²) in [5, 5.41) is 20.8. The van der Waals surface area contributed by atoms with Gasteiger partial charge in [0.05, 0.1) is 23.3 Å². The van der Waals surface area contributed by atoms with Gasteiger partial charge in [0.1, 0.15) is 5.82 Å². The largest absolute Gasteiger partial charge is 0.324 e. The van der Waals surface area contributed by atoms with E-state index in [0.29, 0.717) is 17.3 Å². The maximum absolute atomic E-state index is 12.4. The summed E-state index contributed by atoms with van der Waals surface area (Å²) in [5.41, 5.74) is 1.88. The number of anilines is 1. The number of nitriles is 1. The van der Waals surface area contributed by atoms with Crippen LogP contribution in [0.3, 0.4) is 0 Å². The molecule has 0 radical (unpaired) electrons. The minimum atomic E-state index is -0.123. The third-order valence-corrected chi connectivity index (χ3v) is 5.88. The van der Waals surface area contributed by atoms with Crippen molar-refractivity contribution in [3.8, 4) is 6.07 Å². The average molecular weight is 410 g/mol. The van der Waals surface area contributed by atoms with Gasteiger partial charge >= 0.3 is 0 Å². The predicted octanol–water partition coefficient (Wildman–Crippen LogP) is 3.75. The number of aromatic nitrogens is 3. The molecular weight excluding hydrogens is 390 g/mol. The molecule has 1 amide bonds. The van der Waals surface area contributed by atoms with E-state index in [0.717, 1.165) is 16.4 Å². The maximum Gasteiger partial charge on any atom is 0.234 e. The zero-order valence-electron chi connectivity index (χ0n) is 15.3. The van der Waals surface area contributed by atoms with E-state index in [4.69, 9.17) is 5.26 Å². The molecule has 0 aliphatic rings. The predicted molar refractivity (Wildman–Crippen MR) is 112 cm³/mol. The van der Waals surface area contributed by atoms with Crippen LogP contribution in [0.2, 0.25) is 0 Å². The zero-order valence-corrected chi connectivity index (χ0v) is 17.0. The molecule has 3 aromatic rings. The van der Waals surface area contributed by atoms with E-state index in [1.165, 1.54) is 29.1 Å². The Morgan fingerprint density at radius 2 is 1.86 bits per heavy atom. The van der Waals surface area contributed by atoms with Gasteiger partial charge < -0.3 is 9.88 Å². The van der Waals surface area contributed by atoms with E-state index in [1.807, 2.05) is 54.1 Å². The Morgan fingerprint density at radius 1 is 1.11 bits per heavy atom. The van der Waals surface area contributed by atoms with Crippen molar-refractivity contribution in [3.63, 3.8) is 0 Å². The van der Waals surface area contributed by atoms with Crippen LogP contribution in [-0.2, 0) is 18.3 Å². The second kappa shape index (κ2) is 9.97. The summed E-state index contributed by atoms with van der Waals surface area (Å²) in [6, 6.07) is 19.7. The lowest BCUT2D eigenvalue weighted by Gasteiger charge is -2.09. The summed E-state index contributed by atoms with van der Waals surface area (Å²) in [4.78, 5) is 13.2. The molecule has 0 aliphatic carbocycles. The molecule has 0 saturated carbocycles. The molecule has 2 aromatic carbocycles. The van der Waals surface area contributed by atoms with Crippen LogP contribution in [0.4, 0.5) is 5.69 Å². The summed E-state index contributed by atoms with van der Waals surface area (Å²) in [6.45, 7) is 0. The minimum absolute atomic E-state index is 0.123. The second-order valence-electron chi connectivity index (χ2n) is 5.90. The molecule has 0 bridgehead atoms. The molecule has 8 heteroatoms. The summed E-state index contributed by atoms with van der Waals surface area (Å²) in [6.07, 6.45) is 0.695. The van der Waals surface area contributed by atoms with Crippen LogP contribution >= 0.6 is 23.5 Å². The van der Waals surface area contributed by atoms with Crippen LogP contribution in [0.1, 0.15) is 11.4 Å². The van der Waals surface area contributed by atoms with Crippen molar-refractivity contribution < 1.29 is 4.79 Å². The van der Waals surface area contributed by atoms with E-state index >= 15 is 0 Å². The molecule has 28 heavy (non-hydrogen) atoms. The van der Waals surface area contributed by atoms with Crippen LogP contribution in [-0.4, -0.2) is 32.2 Å². The number of rotatable bonds is 8. The molecular formula is C20H19N5OS2. The fourth-order valence-corrected chi connectivity index (χ4v) is 3.92.